The minimum absolute atomic E-state index is 0.107. The van der Waals surface area contributed by atoms with Crippen LogP contribution in [0.2, 0.25) is 0 Å². The largest absolute Gasteiger partial charge is 0.377 e. The van der Waals surface area contributed by atoms with Gasteiger partial charge in [-0.15, -0.1) is 0 Å². The zero-order chi connectivity index (χ0) is 18.9. The van der Waals surface area contributed by atoms with Crippen LogP contribution in [0.1, 0.15) is 51.4 Å². The molecule has 4 rings (SSSR count). The van der Waals surface area contributed by atoms with Crippen LogP contribution in [-0.2, 0) is 9.53 Å². The molecule has 1 aliphatic carbocycles. The van der Waals surface area contributed by atoms with Gasteiger partial charge in [-0.3, -0.25) is 4.79 Å². The Balaban J connectivity index is 1.40. The number of amides is 1. The molecule has 2 heterocycles. The Labute approximate surface area is 161 Å². The molecule has 27 heavy (non-hydrogen) atoms. The first kappa shape index (κ1) is 18.7. The zero-order valence-electron chi connectivity index (χ0n) is 16.3. The number of anilines is 1. The van der Waals surface area contributed by atoms with Crippen LogP contribution in [0.25, 0.3) is 0 Å². The van der Waals surface area contributed by atoms with Gasteiger partial charge in [-0.2, -0.15) is 0 Å². The molecule has 0 N–H and O–H groups in total. The standard InChI is InChI=1S/C22H31FN2O2/c1-27-20-16-25(19-9-5-8-18(23)15-19)22(20)10-12-24(13-11-22)21(26)14-17-6-3-2-4-7-17/h5,8-9,15,17,20H,2-4,6-7,10-14,16H2,1H3. The van der Waals surface area contributed by atoms with Crippen LogP contribution in [0.5, 0.6) is 0 Å². The Hall–Kier alpha value is -1.62. The van der Waals surface area contributed by atoms with Gasteiger partial charge in [0.05, 0.1) is 11.6 Å². The van der Waals surface area contributed by atoms with Crippen molar-refractivity contribution in [3.8, 4) is 0 Å². The SMILES string of the molecule is COC1CN(c2cccc(F)c2)C12CCN(C(=O)CC1CCCCC1)CC2. The van der Waals surface area contributed by atoms with Crippen molar-refractivity contribution in [2.45, 2.75) is 63.0 Å². The second-order valence-corrected chi connectivity index (χ2v) is 8.51. The maximum Gasteiger partial charge on any atom is 0.222 e. The van der Waals surface area contributed by atoms with Crippen molar-refractivity contribution in [1.29, 1.82) is 0 Å². The maximum atomic E-state index is 13.7. The number of piperidine rings is 1. The summed E-state index contributed by atoms with van der Waals surface area (Å²) in [7, 11) is 1.76. The number of hydrogen-bond donors (Lipinski definition) is 0. The fourth-order valence-electron chi connectivity index (χ4n) is 5.38. The summed E-state index contributed by atoms with van der Waals surface area (Å²) in [4.78, 5) is 17.1. The molecular formula is C22H31FN2O2. The third-order valence-electron chi connectivity index (χ3n) is 7.06. The quantitative estimate of drug-likeness (QED) is 0.799. The second kappa shape index (κ2) is 7.78. The summed E-state index contributed by atoms with van der Waals surface area (Å²) in [5, 5.41) is 0. The van der Waals surface area contributed by atoms with Crippen molar-refractivity contribution in [3.63, 3.8) is 0 Å². The number of methoxy groups -OCH3 is 1. The fourth-order valence-corrected chi connectivity index (χ4v) is 5.38. The van der Waals surface area contributed by atoms with Crippen LogP contribution in [0.4, 0.5) is 10.1 Å². The topological polar surface area (TPSA) is 32.8 Å². The number of halogens is 1. The number of ether oxygens (including phenoxy) is 1. The van der Waals surface area contributed by atoms with Crippen molar-refractivity contribution >= 4 is 11.6 Å². The summed E-state index contributed by atoms with van der Waals surface area (Å²) >= 11 is 0. The molecule has 5 heteroatoms. The van der Waals surface area contributed by atoms with E-state index in [2.05, 4.69) is 9.80 Å². The third kappa shape index (κ3) is 3.58. The minimum atomic E-state index is -0.205. The first-order valence-electron chi connectivity index (χ1n) is 10.5. The molecule has 3 fully saturated rings. The van der Waals surface area contributed by atoms with Gasteiger partial charge in [0.1, 0.15) is 5.82 Å². The van der Waals surface area contributed by atoms with Gasteiger partial charge in [-0.1, -0.05) is 25.3 Å². The second-order valence-electron chi connectivity index (χ2n) is 8.51. The zero-order valence-corrected chi connectivity index (χ0v) is 16.3. The van der Waals surface area contributed by atoms with E-state index in [4.69, 9.17) is 4.74 Å². The monoisotopic (exact) mass is 374 g/mol. The molecule has 1 amide bonds. The summed E-state index contributed by atoms with van der Waals surface area (Å²) < 4.78 is 19.4. The summed E-state index contributed by atoms with van der Waals surface area (Å²) in [6, 6.07) is 6.82. The molecule has 1 unspecified atom stereocenters. The Morgan fingerprint density at radius 2 is 1.96 bits per heavy atom. The van der Waals surface area contributed by atoms with Gasteiger partial charge in [0.2, 0.25) is 5.91 Å². The number of carbonyl (C=O) groups is 1. The van der Waals surface area contributed by atoms with E-state index in [1.165, 1.54) is 38.2 Å². The molecule has 0 bridgehead atoms. The summed E-state index contributed by atoms with van der Waals surface area (Å²) in [6.45, 7) is 2.34. The van der Waals surface area contributed by atoms with Crippen LogP contribution < -0.4 is 4.90 Å². The Bertz CT molecular complexity index is 666. The molecule has 1 atom stereocenters. The lowest BCUT2D eigenvalue weighted by molar-refractivity contribution is -0.136. The van der Waals surface area contributed by atoms with Crippen molar-refractivity contribution in [1.82, 2.24) is 4.90 Å². The molecule has 148 valence electrons. The average molecular weight is 375 g/mol. The van der Waals surface area contributed by atoms with Crippen LogP contribution in [0, 0.1) is 11.7 Å². The highest BCUT2D eigenvalue weighted by Crippen LogP contribution is 2.45. The molecule has 4 nitrogen and oxygen atoms in total. The minimum Gasteiger partial charge on any atom is -0.377 e. The van der Waals surface area contributed by atoms with Gasteiger partial charge in [0.15, 0.2) is 0 Å². The van der Waals surface area contributed by atoms with Crippen LogP contribution in [-0.4, -0.2) is 49.2 Å². The predicted molar refractivity (Wildman–Crippen MR) is 104 cm³/mol. The lowest BCUT2D eigenvalue weighted by Crippen LogP contribution is -2.74. The van der Waals surface area contributed by atoms with Gasteiger partial charge in [0, 0.05) is 38.9 Å². The van der Waals surface area contributed by atoms with Gasteiger partial charge >= 0.3 is 0 Å². The number of rotatable bonds is 4. The van der Waals surface area contributed by atoms with Crippen molar-refractivity contribution in [3.05, 3.63) is 30.1 Å². The Morgan fingerprint density at radius 3 is 2.63 bits per heavy atom. The Kier molecular flexibility index (Phi) is 5.40. The van der Waals surface area contributed by atoms with E-state index in [0.29, 0.717) is 18.2 Å². The van der Waals surface area contributed by atoms with E-state index < -0.39 is 0 Å². The maximum absolute atomic E-state index is 13.7. The van der Waals surface area contributed by atoms with Crippen molar-refractivity contribution in [2.24, 2.45) is 5.92 Å². The van der Waals surface area contributed by atoms with Gasteiger partial charge in [-0.05, 0) is 49.8 Å². The van der Waals surface area contributed by atoms with E-state index >= 15 is 0 Å². The van der Waals surface area contributed by atoms with E-state index in [0.717, 1.165) is 38.2 Å². The molecule has 1 aromatic rings. The van der Waals surface area contributed by atoms with Crippen LogP contribution >= 0.6 is 0 Å². The Morgan fingerprint density at radius 1 is 1.22 bits per heavy atom. The highest BCUT2D eigenvalue weighted by molar-refractivity contribution is 5.76. The van der Waals surface area contributed by atoms with E-state index in [9.17, 15) is 9.18 Å². The first-order valence-corrected chi connectivity index (χ1v) is 10.5. The first-order chi connectivity index (χ1) is 13.1. The number of benzene rings is 1. The van der Waals surface area contributed by atoms with Gasteiger partial charge in [0.25, 0.3) is 0 Å². The fraction of sp³-hybridized carbons (Fsp3) is 0.682. The molecule has 0 radical (unpaired) electrons. The van der Waals surface area contributed by atoms with Crippen molar-refractivity contribution < 1.29 is 13.9 Å². The smallest absolute Gasteiger partial charge is 0.222 e. The predicted octanol–water partition coefficient (Wildman–Crippen LogP) is 3.99. The van der Waals surface area contributed by atoms with Crippen LogP contribution in [0.15, 0.2) is 24.3 Å². The normalized spacial score (nSPS) is 25.5. The molecule has 2 saturated heterocycles. The van der Waals surface area contributed by atoms with Crippen molar-refractivity contribution in [2.75, 3.05) is 31.6 Å². The summed E-state index contributed by atoms with van der Waals surface area (Å²) in [6.07, 6.45) is 8.94. The lowest BCUT2D eigenvalue weighted by atomic mass is 9.73. The molecular weight excluding hydrogens is 343 g/mol. The van der Waals surface area contributed by atoms with Gasteiger partial charge in [-0.25, -0.2) is 4.39 Å². The van der Waals surface area contributed by atoms with E-state index in [1.54, 1.807) is 19.2 Å². The number of likely N-dealkylation sites (tertiary alicyclic amines) is 1. The average Bonchev–Trinajstić information content (AvgIpc) is 2.68. The third-order valence-corrected chi connectivity index (χ3v) is 7.06. The molecule has 2 aliphatic heterocycles. The van der Waals surface area contributed by atoms with E-state index in [-0.39, 0.29) is 17.5 Å². The lowest BCUT2D eigenvalue weighted by Gasteiger charge is -2.61. The molecule has 1 spiro atoms. The molecule has 3 aliphatic rings. The number of hydrogen-bond acceptors (Lipinski definition) is 3. The van der Waals surface area contributed by atoms with Gasteiger partial charge < -0.3 is 14.5 Å². The molecule has 1 aromatic carbocycles. The van der Waals surface area contributed by atoms with Crippen LogP contribution in [0.3, 0.4) is 0 Å². The number of carbonyl (C=O) groups excluding carboxylic acids is 1. The van der Waals surface area contributed by atoms with E-state index in [1.807, 2.05) is 6.07 Å². The number of nitrogens with zero attached hydrogens (tertiary/aromatic N) is 2. The highest BCUT2D eigenvalue weighted by atomic mass is 19.1. The summed E-state index contributed by atoms with van der Waals surface area (Å²) in [5.74, 6) is 0.701. The molecule has 0 aromatic heterocycles. The summed E-state index contributed by atoms with van der Waals surface area (Å²) in [5.41, 5.74) is 0.815. The highest BCUT2D eigenvalue weighted by Gasteiger charge is 2.55. The molecule has 1 saturated carbocycles.